The van der Waals surface area contributed by atoms with Crippen molar-refractivity contribution in [1.82, 2.24) is 5.32 Å². The van der Waals surface area contributed by atoms with Gasteiger partial charge >= 0.3 is 0 Å². The summed E-state index contributed by atoms with van der Waals surface area (Å²) in [5.41, 5.74) is 4.20. The lowest BCUT2D eigenvalue weighted by molar-refractivity contribution is 0.402. The first-order chi connectivity index (χ1) is 8.56. The van der Waals surface area contributed by atoms with E-state index in [1.807, 2.05) is 0 Å². The van der Waals surface area contributed by atoms with Gasteiger partial charge in [-0.15, -0.1) is 0 Å². The molecule has 0 aliphatic carbocycles. The summed E-state index contributed by atoms with van der Waals surface area (Å²) in [7, 11) is 0. The highest BCUT2D eigenvalue weighted by Crippen LogP contribution is 2.24. The van der Waals surface area contributed by atoms with E-state index in [1.165, 1.54) is 36.0 Å². The molecule has 1 N–H and O–H groups in total. The van der Waals surface area contributed by atoms with Crippen LogP contribution in [-0.4, -0.2) is 6.54 Å². The number of hydrogen-bond donors (Lipinski definition) is 1. The Hall–Kier alpha value is -0.820. The van der Waals surface area contributed by atoms with Crippen molar-refractivity contribution in [2.45, 2.75) is 59.9 Å². The van der Waals surface area contributed by atoms with Crippen LogP contribution in [0.5, 0.6) is 0 Å². The quantitative estimate of drug-likeness (QED) is 0.731. The average Bonchev–Trinajstić information content (AvgIpc) is 2.32. The maximum absolute atomic E-state index is 3.71. The highest BCUT2D eigenvalue weighted by molar-refractivity contribution is 5.30. The van der Waals surface area contributed by atoms with Crippen LogP contribution in [0.15, 0.2) is 18.2 Å². The van der Waals surface area contributed by atoms with E-state index < -0.39 is 0 Å². The van der Waals surface area contributed by atoms with Gasteiger partial charge in [-0.3, -0.25) is 0 Å². The molecular weight excluding hydrogens is 218 g/mol. The number of hydrogen-bond acceptors (Lipinski definition) is 1. The van der Waals surface area contributed by atoms with Crippen LogP contribution in [0.3, 0.4) is 0 Å². The normalized spacial score (nSPS) is 14.5. The molecule has 1 aromatic rings. The summed E-state index contributed by atoms with van der Waals surface area (Å²) in [4.78, 5) is 0. The Kier molecular flexibility index (Phi) is 6.42. The summed E-state index contributed by atoms with van der Waals surface area (Å²) in [5, 5.41) is 3.71. The highest BCUT2D eigenvalue weighted by atomic mass is 14.9. The van der Waals surface area contributed by atoms with E-state index >= 15 is 0 Å². The average molecular weight is 247 g/mol. The van der Waals surface area contributed by atoms with Crippen LogP contribution < -0.4 is 5.32 Å². The molecule has 102 valence electrons. The molecule has 1 heteroatoms. The van der Waals surface area contributed by atoms with Gasteiger partial charge in [-0.25, -0.2) is 0 Å². The van der Waals surface area contributed by atoms with Gasteiger partial charge in [0.2, 0.25) is 0 Å². The van der Waals surface area contributed by atoms with Crippen LogP contribution in [0.1, 0.15) is 62.8 Å². The molecule has 0 aliphatic rings. The first kappa shape index (κ1) is 15.2. The van der Waals surface area contributed by atoms with Crippen molar-refractivity contribution in [1.29, 1.82) is 0 Å². The third-order valence-electron chi connectivity index (χ3n) is 3.62. The van der Waals surface area contributed by atoms with Crippen LogP contribution in [0, 0.1) is 19.8 Å². The molecule has 0 amide bonds. The van der Waals surface area contributed by atoms with Gasteiger partial charge in [-0.1, -0.05) is 56.5 Å². The minimum absolute atomic E-state index is 0.512. The molecule has 0 bridgehead atoms. The summed E-state index contributed by atoms with van der Waals surface area (Å²) in [6.45, 7) is 12.3. The second kappa shape index (κ2) is 7.58. The van der Waals surface area contributed by atoms with E-state index in [9.17, 15) is 0 Å². The molecule has 0 fully saturated rings. The van der Waals surface area contributed by atoms with Gasteiger partial charge in [0.1, 0.15) is 0 Å². The lowest BCUT2D eigenvalue weighted by Crippen LogP contribution is -2.24. The molecule has 18 heavy (non-hydrogen) atoms. The summed E-state index contributed by atoms with van der Waals surface area (Å²) < 4.78 is 0. The van der Waals surface area contributed by atoms with E-state index in [4.69, 9.17) is 0 Å². The van der Waals surface area contributed by atoms with Gasteiger partial charge in [-0.2, -0.15) is 0 Å². The standard InChI is InChI=1S/C17H29N/c1-6-8-18-17(12-13(3)7-2)16-10-14(4)9-15(5)11-16/h9-11,13,17-18H,6-8,12H2,1-5H3. The van der Waals surface area contributed by atoms with Gasteiger partial charge < -0.3 is 5.32 Å². The molecule has 0 aromatic heterocycles. The molecule has 0 spiro atoms. The van der Waals surface area contributed by atoms with Crippen molar-refractivity contribution in [2.24, 2.45) is 5.92 Å². The summed E-state index contributed by atoms with van der Waals surface area (Å²) in [6.07, 6.45) is 3.69. The van der Waals surface area contributed by atoms with E-state index in [-0.39, 0.29) is 0 Å². The molecule has 0 saturated heterocycles. The zero-order valence-corrected chi connectivity index (χ0v) is 12.7. The van der Waals surface area contributed by atoms with Crippen LogP contribution in [0.25, 0.3) is 0 Å². The fourth-order valence-corrected chi connectivity index (χ4v) is 2.44. The molecule has 2 unspecified atom stereocenters. The van der Waals surface area contributed by atoms with E-state index in [2.05, 4.69) is 58.1 Å². The Labute approximate surface area is 113 Å². The topological polar surface area (TPSA) is 12.0 Å². The zero-order valence-electron chi connectivity index (χ0n) is 12.7. The fourth-order valence-electron chi connectivity index (χ4n) is 2.44. The van der Waals surface area contributed by atoms with Crippen LogP contribution in [0.4, 0.5) is 0 Å². The van der Waals surface area contributed by atoms with Crippen molar-refractivity contribution in [2.75, 3.05) is 6.54 Å². The van der Waals surface area contributed by atoms with Crippen molar-refractivity contribution >= 4 is 0 Å². The van der Waals surface area contributed by atoms with Gasteiger partial charge in [0.15, 0.2) is 0 Å². The maximum Gasteiger partial charge on any atom is 0.0322 e. The predicted octanol–water partition coefficient (Wildman–Crippen LogP) is 4.78. The Morgan fingerprint density at radius 2 is 1.67 bits per heavy atom. The van der Waals surface area contributed by atoms with E-state index in [0.29, 0.717) is 6.04 Å². The smallest absolute Gasteiger partial charge is 0.0322 e. The third-order valence-corrected chi connectivity index (χ3v) is 3.62. The first-order valence-corrected chi connectivity index (χ1v) is 7.38. The Balaban J connectivity index is 2.85. The second-order valence-corrected chi connectivity index (χ2v) is 5.68. The SMILES string of the molecule is CCCNC(CC(C)CC)c1cc(C)cc(C)c1. The highest BCUT2D eigenvalue weighted by Gasteiger charge is 2.14. The molecule has 0 saturated carbocycles. The predicted molar refractivity (Wildman–Crippen MR) is 81.0 cm³/mol. The molecular formula is C17H29N. The molecule has 2 atom stereocenters. The van der Waals surface area contributed by atoms with Gasteiger partial charge in [-0.05, 0) is 44.7 Å². The monoisotopic (exact) mass is 247 g/mol. The summed E-state index contributed by atoms with van der Waals surface area (Å²) in [5.74, 6) is 0.778. The number of nitrogens with one attached hydrogen (secondary N) is 1. The third kappa shape index (κ3) is 4.81. The molecule has 0 heterocycles. The lowest BCUT2D eigenvalue weighted by atomic mass is 9.92. The molecule has 0 radical (unpaired) electrons. The first-order valence-electron chi connectivity index (χ1n) is 7.38. The summed E-state index contributed by atoms with van der Waals surface area (Å²) in [6, 6.07) is 7.44. The molecule has 1 rings (SSSR count). The van der Waals surface area contributed by atoms with Crippen molar-refractivity contribution in [3.8, 4) is 0 Å². The van der Waals surface area contributed by atoms with Crippen molar-refractivity contribution < 1.29 is 0 Å². The zero-order chi connectivity index (χ0) is 13.5. The molecule has 1 nitrogen and oxygen atoms in total. The number of rotatable bonds is 7. The largest absolute Gasteiger partial charge is 0.310 e. The van der Waals surface area contributed by atoms with Gasteiger partial charge in [0.05, 0.1) is 0 Å². The van der Waals surface area contributed by atoms with E-state index in [0.717, 1.165) is 12.5 Å². The van der Waals surface area contributed by atoms with Gasteiger partial charge in [0.25, 0.3) is 0 Å². The van der Waals surface area contributed by atoms with E-state index in [1.54, 1.807) is 0 Å². The minimum Gasteiger partial charge on any atom is -0.310 e. The lowest BCUT2D eigenvalue weighted by Gasteiger charge is -2.23. The molecule has 0 aliphatic heterocycles. The Morgan fingerprint density at radius 3 is 2.17 bits per heavy atom. The van der Waals surface area contributed by atoms with Crippen molar-refractivity contribution in [3.63, 3.8) is 0 Å². The van der Waals surface area contributed by atoms with Crippen LogP contribution in [0.2, 0.25) is 0 Å². The van der Waals surface area contributed by atoms with Crippen molar-refractivity contribution in [3.05, 3.63) is 34.9 Å². The van der Waals surface area contributed by atoms with Crippen LogP contribution >= 0.6 is 0 Å². The number of aryl methyl sites for hydroxylation is 2. The minimum atomic E-state index is 0.512. The second-order valence-electron chi connectivity index (χ2n) is 5.68. The summed E-state index contributed by atoms with van der Waals surface area (Å²) >= 11 is 0. The Bertz CT molecular complexity index is 336. The Morgan fingerprint density at radius 1 is 1.06 bits per heavy atom. The van der Waals surface area contributed by atoms with Crippen LogP contribution in [-0.2, 0) is 0 Å². The number of benzene rings is 1. The van der Waals surface area contributed by atoms with Gasteiger partial charge in [0, 0.05) is 6.04 Å². The maximum atomic E-state index is 3.71. The molecule has 1 aromatic carbocycles. The fraction of sp³-hybridized carbons (Fsp3) is 0.647.